The van der Waals surface area contributed by atoms with Crippen LogP contribution >= 0.6 is 12.2 Å². The molecule has 0 saturated carbocycles. The number of allylic oxidation sites excluding steroid dienone is 3. The molecule has 2 fully saturated rings. The largest absolute Gasteiger partial charge is 0.512 e. The van der Waals surface area contributed by atoms with Crippen molar-refractivity contribution in [2.75, 3.05) is 84.8 Å². The molecule has 5 heterocycles. The molecule has 0 amide bonds. The van der Waals surface area contributed by atoms with Crippen LogP contribution < -0.4 is 32.3 Å². The Balaban J connectivity index is 0.000000287. The summed E-state index contributed by atoms with van der Waals surface area (Å²) in [6.45, 7) is 16.0. The van der Waals surface area contributed by atoms with E-state index >= 15 is 0 Å². The zero-order chi connectivity index (χ0) is 71.3. The molecular weight excluding hydrogens is 1280 g/mol. The topological polar surface area (TPSA) is 615 Å². The minimum atomic E-state index is -1.45. The number of aliphatic hydroxyl groups is 8. The number of tetrazole rings is 1. The number of phenolic OH excluding ortho intramolecular Hbond substituents is 4. The summed E-state index contributed by atoms with van der Waals surface area (Å²) in [5, 5.41) is 160. The van der Waals surface area contributed by atoms with Gasteiger partial charge in [0.1, 0.15) is 51.9 Å². The number of aliphatic hydroxyl groups excluding tert-OH is 6. The first kappa shape index (κ1) is 78.7. The number of hydrogen-bond acceptors (Lipinski definition) is 39. The Kier molecular flexibility index (Phi) is 31.4. The van der Waals surface area contributed by atoms with Crippen LogP contribution in [0.2, 0.25) is 0 Å². The number of carbonyl (C=O) groups excluding carboxylic acids is 4. The van der Waals surface area contributed by atoms with E-state index in [0.717, 1.165) is 39.0 Å². The quantitative estimate of drug-likeness (QED) is 0.0212. The highest BCUT2D eigenvalue weighted by Crippen LogP contribution is 2.35. The van der Waals surface area contributed by atoms with Crippen LogP contribution in [0.3, 0.4) is 0 Å². The second kappa shape index (κ2) is 37.8. The molecule has 10 rings (SSSR count). The van der Waals surface area contributed by atoms with Gasteiger partial charge in [-0.25, -0.2) is 32.1 Å². The molecule has 0 bridgehead atoms. The van der Waals surface area contributed by atoms with Crippen molar-refractivity contribution in [2.24, 2.45) is 0 Å². The monoisotopic (exact) mass is 1360 g/mol. The summed E-state index contributed by atoms with van der Waals surface area (Å²) >= 11 is 4.84. The average molecular weight is 1360 g/mol. The van der Waals surface area contributed by atoms with Crippen LogP contribution in [0.4, 0.5) is 35.7 Å². The maximum absolute atomic E-state index is 11.5. The number of Topliss-reactive ketones (excluding diaryl/α,β-unsaturated/α-hetero) is 3. The second-order valence-corrected chi connectivity index (χ2v) is 20.9. The Labute approximate surface area is 544 Å². The lowest BCUT2D eigenvalue weighted by molar-refractivity contribution is -0.132. The van der Waals surface area contributed by atoms with Crippen molar-refractivity contribution in [3.8, 4) is 28.7 Å². The highest BCUT2D eigenvalue weighted by molar-refractivity contribution is 7.71. The molecule has 522 valence electrons. The third-order valence-electron chi connectivity index (χ3n) is 13.5. The number of aldehydes is 1. The Hall–Kier alpha value is -10.5. The molecule has 2 aromatic carbocycles. The van der Waals surface area contributed by atoms with E-state index < -0.39 is 34.3 Å². The van der Waals surface area contributed by atoms with Crippen molar-refractivity contribution in [1.82, 2.24) is 59.9 Å². The summed E-state index contributed by atoms with van der Waals surface area (Å²) in [6, 6.07) is 7.17. The maximum Gasteiger partial charge on any atom is 0.253 e. The number of aromatic hydroxyl groups is 4. The van der Waals surface area contributed by atoms with Gasteiger partial charge in [-0.2, -0.15) is 35.1 Å². The number of likely N-dealkylation sites (tertiary alicyclic amines) is 1. The van der Waals surface area contributed by atoms with Gasteiger partial charge < -0.3 is 80.7 Å². The van der Waals surface area contributed by atoms with Gasteiger partial charge in [0.05, 0.1) is 24.6 Å². The number of H-pyrrole nitrogens is 1. The van der Waals surface area contributed by atoms with E-state index in [1.807, 2.05) is 28.5 Å². The first-order valence-corrected chi connectivity index (χ1v) is 28.7. The van der Waals surface area contributed by atoms with Gasteiger partial charge in [-0.05, 0) is 108 Å². The van der Waals surface area contributed by atoms with Gasteiger partial charge in [0.15, 0.2) is 29.3 Å². The minimum absolute atomic E-state index is 0.0225. The number of ketones is 3. The first-order chi connectivity index (χ1) is 44.9. The number of nitrogens with one attached hydrogen (secondary N) is 6. The number of ether oxygens (including phenoxy) is 1. The van der Waals surface area contributed by atoms with Crippen molar-refractivity contribution in [1.29, 1.82) is 0 Å². The van der Waals surface area contributed by atoms with E-state index in [-0.39, 0.29) is 106 Å². The lowest BCUT2D eigenvalue weighted by Gasteiger charge is -2.30. The van der Waals surface area contributed by atoms with E-state index in [4.69, 9.17) is 73.6 Å². The van der Waals surface area contributed by atoms with Crippen LogP contribution in [-0.2, 0) is 23.9 Å². The summed E-state index contributed by atoms with van der Waals surface area (Å²) in [6.07, 6.45) is 4.83. The summed E-state index contributed by atoms with van der Waals surface area (Å²) < 4.78 is 6.63. The molecule has 0 radical (unpaired) electrons. The molecule has 2 aliphatic heterocycles. The number of rotatable bonds is 12. The zero-order valence-corrected chi connectivity index (χ0v) is 52.9. The van der Waals surface area contributed by atoms with Crippen LogP contribution in [0.15, 0.2) is 76.8 Å². The summed E-state index contributed by atoms with van der Waals surface area (Å²) in [5.74, 6) is -3.16. The number of phenols is 4. The van der Waals surface area contributed by atoms with Crippen molar-refractivity contribution < 1.29 is 111 Å². The van der Waals surface area contributed by atoms with Gasteiger partial charge in [-0.1, -0.05) is 10.3 Å². The van der Waals surface area contributed by atoms with Gasteiger partial charge in [0.2, 0.25) is 28.1 Å². The number of piperidine rings is 1. The molecule has 5 aliphatic rings. The number of aromatic amines is 1. The standard InChI is InChI=1S/C11H17NO3.C10H15NO4.C8H10O2.C7H14N6O2.C7H6N4O2S.C5H6O3.C3H6N6O3.C3H4O3/c1-11(15)7-8(9(13)10(11)14)12-5-3-2-4-6-12;1-10(14)6-7(8(12)9(10)13)11-2-4-15-5-3-11;1-5-3-8(10)6(2)4-7(5)9;1-3-13(4-2)7-9-5(11-14)8-6(10-7)12-15;12-4-1-2-6(13)5(3-4)11-7(14)8-9-10-11;6-3-1-2-4(7)5(3)8;10-7-1-4-2(8-11)6-3(5-1)9-12;4-1-3(6)2-5/h13,15H,2-7H2,1H3;12,14H,2-6H2,1H3;3-4,9-10H,1-2H3;14-15H,3-4H2,1-2H3,(H2,8,9,10,11,12);1-3,12-13H,(H,8,10,14);6,8H,1-2H2;10-12H,(H3,4,5,6,7,8,9);1-2,4,6H/b;;;;;;;3-1-. The molecule has 40 nitrogen and oxygen atoms in total. The summed E-state index contributed by atoms with van der Waals surface area (Å²) in [4.78, 5) is 70.1. The fourth-order valence-electron chi connectivity index (χ4n) is 8.40. The Morgan fingerprint density at radius 2 is 1.07 bits per heavy atom. The van der Waals surface area contributed by atoms with Crippen LogP contribution in [0.5, 0.6) is 23.0 Å². The second-order valence-electron chi connectivity index (χ2n) is 20.5. The number of anilines is 6. The molecule has 23 N–H and O–H groups in total. The zero-order valence-electron chi connectivity index (χ0n) is 52.1. The molecule has 2 atom stereocenters. The Morgan fingerprint density at radius 3 is 1.39 bits per heavy atom. The fourth-order valence-corrected chi connectivity index (χ4v) is 8.58. The van der Waals surface area contributed by atoms with Gasteiger partial charge in [0, 0.05) is 71.0 Å². The van der Waals surface area contributed by atoms with Crippen molar-refractivity contribution in [3.63, 3.8) is 0 Å². The normalized spacial score (nSPS) is 18.0. The smallest absolute Gasteiger partial charge is 0.253 e. The van der Waals surface area contributed by atoms with Crippen molar-refractivity contribution in [2.45, 2.75) is 97.7 Å². The lowest BCUT2D eigenvalue weighted by Crippen LogP contribution is -2.36. The molecule has 41 heteroatoms. The SMILES string of the molecule is CC1(O)CC(N2CCCCC2)=C(O)C1=O.CC1(O)CC(N2CCOCC2)=C(O)C1=O.CCN(CC)c1nc(NO)nc(NO)n1.Cc1cc(O)c(C)cc1O.O=C/C(O)=C/O.O=C1CCC(O)=C1O.ONc1nc(NO)nc(NO)n1.Oc1ccc(O)c(-n2[nH]nnc2=S)c1. The lowest BCUT2D eigenvalue weighted by atomic mass is 10.0. The highest BCUT2D eigenvalue weighted by atomic mass is 32.1. The number of aromatic nitrogens is 10. The molecule has 3 aliphatic carbocycles. The van der Waals surface area contributed by atoms with Crippen LogP contribution in [-0.4, -0.2) is 235 Å². The number of hydrogen-bond donors (Lipinski definition) is 23. The maximum atomic E-state index is 11.5. The van der Waals surface area contributed by atoms with Crippen molar-refractivity contribution >= 4 is 71.5 Å². The predicted octanol–water partition coefficient (Wildman–Crippen LogP) is 3.64. The number of morpholine rings is 1. The van der Waals surface area contributed by atoms with Crippen LogP contribution in [0, 0.1) is 18.6 Å². The third-order valence-corrected chi connectivity index (χ3v) is 13.7. The van der Waals surface area contributed by atoms with E-state index in [1.165, 1.54) is 43.1 Å². The first-order valence-electron chi connectivity index (χ1n) is 28.3. The van der Waals surface area contributed by atoms with E-state index in [9.17, 15) is 49.8 Å². The van der Waals surface area contributed by atoms with Crippen molar-refractivity contribution in [3.05, 3.63) is 92.7 Å². The van der Waals surface area contributed by atoms with Gasteiger partial charge in [-0.3, -0.25) is 45.2 Å². The predicted molar refractivity (Wildman–Crippen MR) is 333 cm³/mol. The number of benzene rings is 2. The van der Waals surface area contributed by atoms with Gasteiger partial charge in [-0.15, -0.1) is 0 Å². The van der Waals surface area contributed by atoms with Crippen LogP contribution in [0.25, 0.3) is 5.69 Å². The number of carbonyl (C=O) groups is 4. The molecular formula is C54H78N18O22S. The molecule has 2 unspecified atom stereocenters. The average Bonchev–Trinajstić information content (AvgIpc) is 1.64. The van der Waals surface area contributed by atoms with E-state index in [1.54, 1.807) is 53.4 Å². The Morgan fingerprint density at radius 1 is 0.642 bits per heavy atom. The molecule has 5 aromatic rings. The molecule has 2 saturated heterocycles. The van der Waals surface area contributed by atoms with Gasteiger partial charge >= 0.3 is 0 Å². The van der Waals surface area contributed by atoms with Crippen LogP contribution in [0.1, 0.15) is 83.8 Å². The Bertz CT molecular complexity index is 3380. The number of aryl methyl sites for hydroxylation is 2. The third kappa shape index (κ3) is 23.5. The minimum Gasteiger partial charge on any atom is -0.512 e. The van der Waals surface area contributed by atoms with Gasteiger partial charge in [0.25, 0.3) is 29.7 Å². The molecule has 3 aromatic heterocycles. The summed E-state index contributed by atoms with van der Waals surface area (Å²) in [7, 11) is 0. The number of nitrogens with zero attached hydrogens (tertiary/aromatic N) is 12. The fraction of sp³-hybridized carbons (Fsp3) is 0.426. The van der Waals surface area contributed by atoms with E-state index in [0.29, 0.717) is 73.1 Å². The highest BCUT2D eigenvalue weighted by Gasteiger charge is 2.45. The van der Waals surface area contributed by atoms with E-state index in [2.05, 4.69) is 45.4 Å². The molecule has 95 heavy (non-hydrogen) atoms. The molecule has 0 spiro atoms. The summed E-state index contributed by atoms with van der Waals surface area (Å²) in [5.41, 5.74) is 8.47.